The number of carbonyl (C=O) groups excluding carboxylic acids is 1. The zero-order valence-electron chi connectivity index (χ0n) is 14.1. The van der Waals surface area contributed by atoms with Crippen molar-refractivity contribution in [2.75, 3.05) is 25.0 Å². The second-order valence-corrected chi connectivity index (χ2v) is 6.65. The summed E-state index contributed by atoms with van der Waals surface area (Å²) in [5.74, 6) is 3.55. The van der Waals surface area contributed by atoms with E-state index in [-0.39, 0.29) is 5.91 Å². The number of rotatable bonds is 3. The van der Waals surface area contributed by atoms with Gasteiger partial charge in [0, 0.05) is 31.6 Å². The highest BCUT2D eigenvalue weighted by atomic mass is 16.3. The molecule has 1 fully saturated rings. The minimum atomic E-state index is -0.399. The Kier molecular flexibility index (Phi) is 3.98. The molecular weight excluding hydrogens is 314 g/mol. The van der Waals surface area contributed by atoms with Crippen LogP contribution in [0.3, 0.4) is 0 Å². The molecule has 1 aromatic carbocycles. The Morgan fingerprint density at radius 1 is 1.20 bits per heavy atom. The van der Waals surface area contributed by atoms with Gasteiger partial charge >= 0.3 is 0 Å². The second-order valence-electron chi connectivity index (χ2n) is 6.65. The predicted molar refractivity (Wildman–Crippen MR) is 95.9 cm³/mol. The van der Waals surface area contributed by atoms with Crippen LogP contribution in [0, 0.1) is 12.3 Å². The Labute approximate surface area is 147 Å². The highest BCUT2D eigenvalue weighted by Crippen LogP contribution is 2.38. The van der Waals surface area contributed by atoms with Crippen molar-refractivity contribution in [2.45, 2.75) is 25.0 Å². The molecule has 0 unspecified atom stereocenters. The van der Waals surface area contributed by atoms with E-state index in [4.69, 9.17) is 10.8 Å². The van der Waals surface area contributed by atoms with E-state index in [1.165, 1.54) is 0 Å². The van der Waals surface area contributed by atoms with Crippen LogP contribution in [-0.4, -0.2) is 41.0 Å². The summed E-state index contributed by atoms with van der Waals surface area (Å²) < 4.78 is 5.51. The molecule has 0 bridgehead atoms. The van der Waals surface area contributed by atoms with Crippen LogP contribution in [-0.2, 0) is 6.54 Å². The van der Waals surface area contributed by atoms with Crippen LogP contribution < -0.4 is 5.32 Å². The summed E-state index contributed by atoms with van der Waals surface area (Å²) in [5.41, 5.74) is 1.22. The number of furan rings is 1. The van der Waals surface area contributed by atoms with Crippen molar-refractivity contribution < 1.29 is 9.21 Å². The van der Waals surface area contributed by atoms with Crippen molar-refractivity contribution in [3.63, 3.8) is 0 Å². The smallest absolute Gasteiger partial charge is 0.258 e. The lowest BCUT2D eigenvalue weighted by Gasteiger charge is -2.51. The number of amides is 1. The number of hydrogen-bond donors (Lipinski definition) is 1. The fourth-order valence-corrected chi connectivity index (χ4v) is 3.82. The monoisotopic (exact) mass is 335 g/mol. The highest BCUT2D eigenvalue weighted by Gasteiger charge is 2.46. The molecule has 128 valence electrons. The van der Waals surface area contributed by atoms with E-state index in [0.717, 1.165) is 37.4 Å². The lowest BCUT2D eigenvalue weighted by Crippen LogP contribution is -2.63. The Morgan fingerprint density at radius 3 is 2.72 bits per heavy atom. The fourth-order valence-electron chi connectivity index (χ4n) is 3.82. The first-order chi connectivity index (χ1) is 12.2. The van der Waals surface area contributed by atoms with E-state index >= 15 is 0 Å². The number of para-hydroxylation sites is 1. The van der Waals surface area contributed by atoms with E-state index in [2.05, 4.69) is 16.1 Å². The molecule has 1 N–H and O–H groups in total. The van der Waals surface area contributed by atoms with Crippen molar-refractivity contribution in [3.05, 3.63) is 54.0 Å². The van der Waals surface area contributed by atoms with Crippen molar-refractivity contribution in [2.24, 2.45) is 0 Å². The van der Waals surface area contributed by atoms with Gasteiger partial charge in [0.25, 0.3) is 5.91 Å². The third-order valence-corrected chi connectivity index (χ3v) is 5.18. The molecule has 5 heteroatoms. The van der Waals surface area contributed by atoms with Crippen LogP contribution in [0.2, 0.25) is 0 Å². The Hall–Kier alpha value is -2.71. The maximum atomic E-state index is 13.2. The van der Waals surface area contributed by atoms with Gasteiger partial charge in [-0.05, 0) is 24.3 Å². The molecule has 0 aliphatic carbocycles. The standard InChI is InChI=1S/C20H21N3O2/c1-2-11-22-12-9-20(10-13-22)21-18-8-4-3-7-17(18)19(24)23(20)15-16-6-5-14-25-16/h1,3-8,14,21H,9-13,15H2. The molecule has 0 saturated carbocycles. The van der Waals surface area contributed by atoms with Crippen LogP contribution in [0.25, 0.3) is 0 Å². The number of anilines is 1. The molecule has 0 radical (unpaired) electrons. The molecule has 4 rings (SSSR count). The van der Waals surface area contributed by atoms with Gasteiger partial charge in [-0.2, -0.15) is 0 Å². The van der Waals surface area contributed by atoms with Gasteiger partial charge in [0.05, 0.1) is 24.9 Å². The summed E-state index contributed by atoms with van der Waals surface area (Å²) >= 11 is 0. The van der Waals surface area contributed by atoms with Crippen molar-refractivity contribution >= 4 is 11.6 Å². The number of piperidine rings is 1. The van der Waals surface area contributed by atoms with Gasteiger partial charge < -0.3 is 14.6 Å². The molecule has 2 aliphatic heterocycles. The number of nitrogens with one attached hydrogen (secondary N) is 1. The van der Waals surface area contributed by atoms with Gasteiger partial charge in [-0.3, -0.25) is 9.69 Å². The van der Waals surface area contributed by atoms with E-state index in [1.807, 2.05) is 41.3 Å². The van der Waals surface area contributed by atoms with Gasteiger partial charge in [0.1, 0.15) is 11.4 Å². The summed E-state index contributed by atoms with van der Waals surface area (Å²) in [5, 5.41) is 3.65. The molecule has 1 spiro atoms. The van der Waals surface area contributed by atoms with E-state index in [9.17, 15) is 4.79 Å². The number of terminal acetylenes is 1. The lowest BCUT2D eigenvalue weighted by atomic mass is 9.89. The number of fused-ring (bicyclic) bond motifs is 1. The maximum Gasteiger partial charge on any atom is 0.258 e. The summed E-state index contributed by atoms with van der Waals surface area (Å²) in [6.07, 6.45) is 8.75. The first-order valence-electron chi connectivity index (χ1n) is 8.59. The number of hydrogen-bond acceptors (Lipinski definition) is 4. The molecule has 1 amide bonds. The third-order valence-electron chi connectivity index (χ3n) is 5.18. The van der Waals surface area contributed by atoms with Crippen LogP contribution >= 0.6 is 0 Å². The molecule has 1 aromatic heterocycles. The van der Waals surface area contributed by atoms with Gasteiger partial charge in [0.15, 0.2) is 0 Å². The molecule has 5 nitrogen and oxygen atoms in total. The Morgan fingerprint density at radius 2 is 2.00 bits per heavy atom. The summed E-state index contributed by atoms with van der Waals surface area (Å²) in [7, 11) is 0. The van der Waals surface area contributed by atoms with Gasteiger partial charge in [-0.1, -0.05) is 18.1 Å². The topological polar surface area (TPSA) is 48.7 Å². The summed E-state index contributed by atoms with van der Waals surface area (Å²) in [4.78, 5) is 17.4. The lowest BCUT2D eigenvalue weighted by molar-refractivity contribution is 0.0228. The van der Waals surface area contributed by atoms with Crippen molar-refractivity contribution in [3.8, 4) is 12.3 Å². The molecule has 1 saturated heterocycles. The number of benzene rings is 1. The van der Waals surface area contributed by atoms with Gasteiger partial charge in [0.2, 0.25) is 0 Å². The number of likely N-dealkylation sites (tertiary alicyclic amines) is 1. The summed E-state index contributed by atoms with van der Waals surface area (Å²) in [6, 6.07) is 11.5. The third kappa shape index (κ3) is 2.79. The SMILES string of the molecule is C#CCN1CCC2(CC1)Nc1ccccc1C(=O)N2Cc1ccco1. The first-order valence-corrected chi connectivity index (χ1v) is 8.59. The van der Waals surface area contributed by atoms with Crippen LogP contribution in [0.1, 0.15) is 29.0 Å². The Bertz CT molecular complexity index is 799. The van der Waals surface area contributed by atoms with Crippen LogP contribution in [0.4, 0.5) is 5.69 Å². The normalized spacial score (nSPS) is 19.3. The molecule has 0 atom stereocenters. The number of carbonyl (C=O) groups is 1. The molecular formula is C20H21N3O2. The van der Waals surface area contributed by atoms with E-state index in [0.29, 0.717) is 18.7 Å². The van der Waals surface area contributed by atoms with Crippen molar-refractivity contribution in [1.82, 2.24) is 9.80 Å². The molecule has 3 heterocycles. The zero-order valence-corrected chi connectivity index (χ0v) is 14.1. The molecule has 25 heavy (non-hydrogen) atoms. The molecule has 2 aromatic rings. The van der Waals surface area contributed by atoms with Gasteiger partial charge in [-0.15, -0.1) is 6.42 Å². The highest BCUT2D eigenvalue weighted by molar-refractivity contribution is 6.02. The number of nitrogens with zero attached hydrogens (tertiary/aromatic N) is 2. The molecule has 2 aliphatic rings. The fraction of sp³-hybridized carbons (Fsp3) is 0.350. The van der Waals surface area contributed by atoms with Crippen LogP contribution in [0.15, 0.2) is 47.1 Å². The minimum absolute atomic E-state index is 0.0520. The second kappa shape index (κ2) is 6.30. The van der Waals surface area contributed by atoms with Crippen LogP contribution in [0.5, 0.6) is 0 Å². The van der Waals surface area contributed by atoms with Crippen molar-refractivity contribution in [1.29, 1.82) is 0 Å². The minimum Gasteiger partial charge on any atom is -0.467 e. The first kappa shape index (κ1) is 15.8. The zero-order chi connectivity index (χ0) is 17.3. The average molecular weight is 335 g/mol. The quantitative estimate of drug-likeness (QED) is 0.877. The van der Waals surface area contributed by atoms with E-state index in [1.54, 1.807) is 6.26 Å². The Balaban J connectivity index is 1.67. The van der Waals surface area contributed by atoms with Gasteiger partial charge in [-0.25, -0.2) is 0 Å². The van der Waals surface area contributed by atoms with E-state index < -0.39 is 5.66 Å². The largest absolute Gasteiger partial charge is 0.467 e. The maximum absolute atomic E-state index is 13.2. The predicted octanol–water partition coefficient (Wildman–Crippen LogP) is 2.77. The summed E-state index contributed by atoms with van der Waals surface area (Å²) in [6.45, 7) is 2.84. The average Bonchev–Trinajstić information content (AvgIpc) is 3.14.